The Hall–Kier alpha value is -1.16. The molecule has 0 N–H and O–H groups in total. The smallest absolute Gasteiger partial charge is 0.310 e. The summed E-state index contributed by atoms with van der Waals surface area (Å²) in [4.78, 5) is 2.47. The molecule has 0 radical (unpaired) electrons. The van der Waals surface area contributed by atoms with Crippen molar-refractivity contribution in [2.75, 3.05) is 6.54 Å². The first-order chi connectivity index (χ1) is 4.12. The lowest BCUT2D eigenvalue weighted by Gasteiger charge is -2.01. The maximum Gasteiger partial charge on any atom is 0.331 e. The van der Waals surface area contributed by atoms with E-state index in [9.17, 15) is 8.78 Å². The summed E-state index contributed by atoms with van der Waals surface area (Å²) in [5.74, 6) is -3.11. The molecule has 0 saturated heterocycles. The molecule has 48 valence electrons. The molecule has 0 bridgehead atoms. The number of rotatable bonds is 2. The summed E-state index contributed by atoms with van der Waals surface area (Å²) in [6.45, 7) is 5.18. The number of hydrogen-bond acceptors (Lipinski definition) is 1. The van der Waals surface area contributed by atoms with E-state index in [1.54, 1.807) is 0 Å². The summed E-state index contributed by atoms with van der Waals surface area (Å²) >= 11 is 0. The van der Waals surface area contributed by atoms with Crippen LogP contribution in [0.1, 0.15) is 6.42 Å². The van der Waals surface area contributed by atoms with E-state index in [1.807, 2.05) is 0 Å². The Labute approximate surface area is 51.5 Å². The van der Waals surface area contributed by atoms with Crippen LogP contribution in [-0.2, 0) is 0 Å². The highest BCUT2D eigenvalue weighted by Crippen LogP contribution is 2.17. The Balaban J connectivity index is 3.77. The second kappa shape index (κ2) is 2.99. The summed E-state index contributed by atoms with van der Waals surface area (Å²) in [6, 6.07) is 1.30. The van der Waals surface area contributed by atoms with Gasteiger partial charge in [0.2, 0.25) is 0 Å². The molecule has 0 spiro atoms. The standard InChI is InChI=1S/C5H4F2N2/c1-9-4-5(6,7)2-3-8/h2,4H2. The van der Waals surface area contributed by atoms with Gasteiger partial charge in [0.1, 0.15) is 6.42 Å². The lowest BCUT2D eigenvalue weighted by molar-refractivity contribution is 0.0241. The normalized spacial score (nSPS) is 9.78. The SMILES string of the molecule is [C-]#[N+]CC(F)(F)CC#N. The van der Waals surface area contributed by atoms with Gasteiger partial charge < -0.3 is 4.85 Å². The topological polar surface area (TPSA) is 28.1 Å². The maximum atomic E-state index is 12.0. The molecule has 0 atom stereocenters. The molecule has 0 unspecified atom stereocenters. The first kappa shape index (κ1) is 7.84. The molecule has 4 heteroatoms. The number of nitriles is 1. The molecule has 0 amide bonds. The summed E-state index contributed by atoms with van der Waals surface area (Å²) in [6.07, 6.45) is -0.866. The molecule has 0 aliphatic heterocycles. The minimum absolute atomic E-state index is 0.866. The van der Waals surface area contributed by atoms with Gasteiger partial charge in [-0.1, -0.05) is 0 Å². The van der Waals surface area contributed by atoms with Gasteiger partial charge >= 0.3 is 5.92 Å². The highest BCUT2D eigenvalue weighted by molar-refractivity contribution is 4.86. The zero-order valence-electron chi connectivity index (χ0n) is 4.56. The molecule has 0 aromatic heterocycles. The third kappa shape index (κ3) is 3.42. The molecule has 9 heavy (non-hydrogen) atoms. The third-order valence-corrected chi connectivity index (χ3v) is 0.648. The molecule has 0 heterocycles. The molecule has 0 aromatic rings. The van der Waals surface area contributed by atoms with E-state index in [4.69, 9.17) is 11.8 Å². The Bertz CT molecular complexity index is 145. The monoisotopic (exact) mass is 130 g/mol. The second-order valence-corrected chi connectivity index (χ2v) is 1.51. The Morgan fingerprint density at radius 1 is 1.67 bits per heavy atom. The minimum Gasteiger partial charge on any atom is -0.310 e. The lowest BCUT2D eigenvalue weighted by atomic mass is 10.2. The fourth-order valence-corrected chi connectivity index (χ4v) is 0.287. The van der Waals surface area contributed by atoms with E-state index in [1.165, 1.54) is 6.07 Å². The van der Waals surface area contributed by atoms with E-state index in [-0.39, 0.29) is 0 Å². The first-order valence-corrected chi connectivity index (χ1v) is 2.20. The fraction of sp³-hybridized carbons (Fsp3) is 0.600. The van der Waals surface area contributed by atoms with E-state index in [2.05, 4.69) is 4.85 Å². The molecule has 0 rings (SSSR count). The van der Waals surface area contributed by atoms with Crippen LogP contribution in [0.5, 0.6) is 0 Å². The molecule has 0 aliphatic carbocycles. The molecule has 2 nitrogen and oxygen atoms in total. The predicted octanol–water partition coefficient (Wildman–Crippen LogP) is 1.45. The molecular weight excluding hydrogens is 126 g/mol. The van der Waals surface area contributed by atoms with Crippen LogP contribution in [0.4, 0.5) is 8.78 Å². The Kier molecular flexibility index (Phi) is 2.60. The van der Waals surface area contributed by atoms with Crippen molar-refractivity contribution < 1.29 is 8.78 Å². The first-order valence-electron chi connectivity index (χ1n) is 2.20. The van der Waals surface area contributed by atoms with Gasteiger partial charge in [-0.15, -0.1) is 0 Å². The number of halogens is 2. The average molecular weight is 130 g/mol. The highest BCUT2D eigenvalue weighted by Gasteiger charge is 2.32. The van der Waals surface area contributed by atoms with Crippen molar-refractivity contribution in [2.24, 2.45) is 0 Å². The van der Waals surface area contributed by atoms with Crippen LogP contribution < -0.4 is 0 Å². The third-order valence-electron chi connectivity index (χ3n) is 0.648. The van der Waals surface area contributed by atoms with Crippen LogP contribution in [0.3, 0.4) is 0 Å². The van der Waals surface area contributed by atoms with Crippen LogP contribution >= 0.6 is 0 Å². The van der Waals surface area contributed by atoms with E-state index in [0.717, 1.165) is 0 Å². The van der Waals surface area contributed by atoms with Crippen molar-refractivity contribution in [2.45, 2.75) is 12.3 Å². The zero-order chi connectivity index (χ0) is 7.33. The zero-order valence-corrected chi connectivity index (χ0v) is 4.56. The number of nitrogens with zero attached hydrogens (tertiary/aromatic N) is 2. The average Bonchev–Trinajstić information content (AvgIpc) is 1.64. The Morgan fingerprint density at radius 2 is 2.22 bits per heavy atom. The van der Waals surface area contributed by atoms with Crippen LogP contribution in [0.2, 0.25) is 0 Å². The van der Waals surface area contributed by atoms with Crippen molar-refractivity contribution in [1.29, 1.82) is 5.26 Å². The minimum atomic E-state index is -3.11. The van der Waals surface area contributed by atoms with E-state index < -0.39 is 18.9 Å². The Morgan fingerprint density at radius 3 is 2.56 bits per heavy atom. The quantitative estimate of drug-likeness (QED) is 0.520. The van der Waals surface area contributed by atoms with Crippen molar-refractivity contribution in [3.8, 4) is 6.07 Å². The summed E-state index contributed by atoms with van der Waals surface area (Å²) < 4.78 is 24.0. The summed E-state index contributed by atoms with van der Waals surface area (Å²) in [5, 5.41) is 7.80. The summed E-state index contributed by atoms with van der Waals surface area (Å²) in [7, 11) is 0. The molecule has 0 fully saturated rings. The number of alkyl halides is 2. The van der Waals surface area contributed by atoms with Crippen molar-refractivity contribution >= 4 is 0 Å². The van der Waals surface area contributed by atoms with Gasteiger partial charge in [0.15, 0.2) is 0 Å². The van der Waals surface area contributed by atoms with Gasteiger partial charge in [-0.2, -0.15) is 14.0 Å². The van der Waals surface area contributed by atoms with Gasteiger partial charge in [0.05, 0.1) is 6.07 Å². The number of hydrogen-bond donors (Lipinski definition) is 0. The van der Waals surface area contributed by atoms with Crippen LogP contribution in [0.15, 0.2) is 0 Å². The highest BCUT2D eigenvalue weighted by atomic mass is 19.3. The van der Waals surface area contributed by atoms with Crippen molar-refractivity contribution in [1.82, 2.24) is 0 Å². The van der Waals surface area contributed by atoms with Gasteiger partial charge in [-0.05, 0) is 0 Å². The van der Waals surface area contributed by atoms with Gasteiger partial charge in [0.25, 0.3) is 6.54 Å². The van der Waals surface area contributed by atoms with E-state index >= 15 is 0 Å². The van der Waals surface area contributed by atoms with E-state index in [0.29, 0.717) is 0 Å². The van der Waals surface area contributed by atoms with Gasteiger partial charge in [-0.25, -0.2) is 6.57 Å². The maximum absolute atomic E-state index is 12.0. The second-order valence-electron chi connectivity index (χ2n) is 1.51. The predicted molar refractivity (Wildman–Crippen MR) is 26.6 cm³/mol. The summed E-state index contributed by atoms with van der Waals surface area (Å²) in [5.41, 5.74) is 0. The molecular formula is C5H4F2N2. The van der Waals surface area contributed by atoms with Crippen LogP contribution in [0.25, 0.3) is 4.85 Å². The lowest BCUT2D eigenvalue weighted by Crippen LogP contribution is -2.17. The van der Waals surface area contributed by atoms with Gasteiger partial charge in [-0.3, -0.25) is 0 Å². The van der Waals surface area contributed by atoms with Crippen molar-refractivity contribution in [3.63, 3.8) is 0 Å². The molecule has 0 aromatic carbocycles. The largest absolute Gasteiger partial charge is 0.331 e. The molecule has 0 aliphatic rings. The van der Waals surface area contributed by atoms with Crippen LogP contribution in [0, 0.1) is 17.9 Å². The van der Waals surface area contributed by atoms with Crippen LogP contribution in [-0.4, -0.2) is 12.5 Å². The fourth-order valence-electron chi connectivity index (χ4n) is 0.287. The van der Waals surface area contributed by atoms with Gasteiger partial charge in [0, 0.05) is 0 Å². The molecule has 0 saturated carbocycles. The van der Waals surface area contributed by atoms with Crippen molar-refractivity contribution in [3.05, 3.63) is 11.4 Å².